The van der Waals surface area contributed by atoms with Crippen LogP contribution in [0, 0.1) is 6.92 Å². The van der Waals surface area contributed by atoms with Gasteiger partial charge in [0.1, 0.15) is 17.1 Å². The number of nitrogens with zero attached hydrogens (tertiary/aromatic N) is 2. The van der Waals surface area contributed by atoms with E-state index in [0.29, 0.717) is 51.3 Å². The van der Waals surface area contributed by atoms with E-state index >= 15 is 0 Å². The Hall–Kier alpha value is -3.39. The molecule has 9 heteroatoms. The van der Waals surface area contributed by atoms with E-state index < -0.39 is 6.04 Å². The van der Waals surface area contributed by atoms with Gasteiger partial charge in [-0.1, -0.05) is 18.5 Å². The molecule has 0 radical (unpaired) electrons. The quantitative estimate of drug-likeness (QED) is 0.517. The van der Waals surface area contributed by atoms with Crippen molar-refractivity contribution >= 4 is 17.5 Å². The van der Waals surface area contributed by atoms with Gasteiger partial charge in [-0.3, -0.25) is 9.89 Å². The number of aryl methyl sites for hydroxylation is 1. The molecule has 0 aliphatic carbocycles. The predicted octanol–water partition coefficient (Wildman–Crippen LogP) is 4.73. The van der Waals surface area contributed by atoms with E-state index in [4.69, 9.17) is 25.8 Å². The second-order valence-corrected chi connectivity index (χ2v) is 8.25. The van der Waals surface area contributed by atoms with Gasteiger partial charge < -0.3 is 24.2 Å². The highest BCUT2D eigenvalue weighted by molar-refractivity contribution is 6.31. The number of halogens is 1. The number of ether oxygens (including phenoxy) is 3. The number of aromatic nitrogens is 2. The Kier molecular flexibility index (Phi) is 6.12. The Labute approximate surface area is 197 Å². The van der Waals surface area contributed by atoms with Gasteiger partial charge in [-0.2, -0.15) is 5.10 Å². The number of aromatic hydroxyl groups is 1. The molecule has 3 aromatic rings. The summed E-state index contributed by atoms with van der Waals surface area (Å²) < 4.78 is 16.6. The number of carbonyl (C=O) groups excluding carboxylic acids is 1. The lowest BCUT2D eigenvalue weighted by Gasteiger charge is -2.27. The SMILES string of the molecule is CCCN1C(=O)c2[nH]nc(-c3cc(Cl)c(C)cc3O)c2C1c1cc(OC)c(OC)c(OC)c1. The Bertz CT molecular complexity index is 1200. The first-order valence-corrected chi connectivity index (χ1v) is 10.9. The molecular formula is C24H26ClN3O5. The van der Waals surface area contributed by atoms with E-state index in [9.17, 15) is 9.90 Å². The molecule has 8 nitrogen and oxygen atoms in total. The van der Waals surface area contributed by atoms with Crippen LogP contribution in [0.3, 0.4) is 0 Å². The number of hydrogen-bond acceptors (Lipinski definition) is 6. The van der Waals surface area contributed by atoms with Gasteiger partial charge in [0.05, 0.1) is 27.4 Å². The van der Waals surface area contributed by atoms with E-state index in [2.05, 4.69) is 10.2 Å². The van der Waals surface area contributed by atoms with Gasteiger partial charge in [0.15, 0.2) is 11.5 Å². The fraction of sp³-hybridized carbons (Fsp3) is 0.333. The molecular weight excluding hydrogens is 446 g/mol. The van der Waals surface area contributed by atoms with Crippen molar-refractivity contribution in [3.05, 3.63) is 51.7 Å². The maximum Gasteiger partial charge on any atom is 0.273 e. The molecule has 174 valence electrons. The van der Waals surface area contributed by atoms with Crippen LogP contribution in [0.15, 0.2) is 24.3 Å². The van der Waals surface area contributed by atoms with Crippen LogP contribution < -0.4 is 14.2 Å². The smallest absolute Gasteiger partial charge is 0.273 e. The van der Waals surface area contributed by atoms with Crippen LogP contribution in [-0.2, 0) is 0 Å². The van der Waals surface area contributed by atoms with Gasteiger partial charge in [-0.15, -0.1) is 0 Å². The highest BCUT2D eigenvalue weighted by Crippen LogP contribution is 2.48. The van der Waals surface area contributed by atoms with Crippen molar-refractivity contribution < 1.29 is 24.1 Å². The van der Waals surface area contributed by atoms with Crippen molar-refractivity contribution in [3.63, 3.8) is 0 Å². The summed E-state index contributed by atoms with van der Waals surface area (Å²) in [6, 6.07) is 6.44. The average Bonchev–Trinajstić information content (AvgIpc) is 3.34. The third kappa shape index (κ3) is 3.64. The first kappa shape index (κ1) is 22.8. The lowest BCUT2D eigenvalue weighted by Crippen LogP contribution is -2.30. The number of phenols is 1. The first-order chi connectivity index (χ1) is 15.9. The monoisotopic (exact) mass is 471 g/mol. The zero-order chi connectivity index (χ0) is 23.9. The van der Waals surface area contributed by atoms with Crippen molar-refractivity contribution in [2.75, 3.05) is 27.9 Å². The number of nitrogens with one attached hydrogen (secondary N) is 1. The zero-order valence-corrected chi connectivity index (χ0v) is 19.9. The molecule has 33 heavy (non-hydrogen) atoms. The van der Waals surface area contributed by atoms with Crippen molar-refractivity contribution in [2.24, 2.45) is 0 Å². The van der Waals surface area contributed by atoms with Gasteiger partial charge in [-0.25, -0.2) is 0 Å². The number of rotatable bonds is 7. The largest absolute Gasteiger partial charge is 0.507 e. The molecule has 1 atom stereocenters. The summed E-state index contributed by atoms with van der Waals surface area (Å²) in [5.41, 5.74) is 3.48. The molecule has 1 unspecified atom stereocenters. The number of fused-ring (bicyclic) bond motifs is 1. The van der Waals surface area contributed by atoms with Crippen LogP contribution in [0.2, 0.25) is 5.02 Å². The minimum absolute atomic E-state index is 0.0382. The second kappa shape index (κ2) is 8.86. The maximum absolute atomic E-state index is 13.3. The van der Waals surface area contributed by atoms with Gasteiger partial charge in [0.25, 0.3) is 5.91 Å². The van der Waals surface area contributed by atoms with Crippen LogP contribution >= 0.6 is 11.6 Å². The number of carbonyl (C=O) groups is 1. The minimum atomic E-state index is -0.477. The summed E-state index contributed by atoms with van der Waals surface area (Å²) in [4.78, 5) is 15.1. The fourth-order valence-electron chi connectivity index (χ4n) is 4.34. The van der Waals surface area contributed by atoms with E-state index in [1.807, 2.05) is 26.0 Å². The highest BCUT2D eigenvalue weighted by Gasteiger charge is 2.42. The van der Waals surface area contributed by atoms with Gasteiger partial charge in [-0.05, 0) is 48.7 Å². The predicted molar refractivity (Wildman–Crippen MR) is 125 cm³/mol. The molecule has 0 spiro atoms. The number of amides is 1. The van der Waals surface area contributed by atoms with Crippen LogP contribution in [0.4, 0.5) is 0 Å². The topological polar surface area (TPSA) is 96.9 Å². The standard InChI is InChI=1S/C24H26ClN3O5/c1-6-7-28-22(13-9-17(31-3)23(33-5)18(10-13)32-4)19-20(26-27-21(19)24(28)30)14-11-15(25)12(2)8-16(14)29/h8-11,22,29H,6-7H2,1-5H3,(H,26,27). The molecule has 0 saturated heterocycles. The van der Waals surface area contributed by atoms with Crippen molar-refractivity contribution in [3.8, 4) is 34.3 Å². The van der Waals surface area contributed by atoms with Crippen molar-refractivity contribution in [1.82, 2.24) is 15.1 Å². The number of H-pyrrole nitrogens is 1. The third-order valence-electron chi connectivity index (χ3n) is 5.86. The summed E-state index contributed by atoms with van der Waals surface area (Å²) in [5, 5.41) is 18.5. The third-order valence-corrected chi connectivity index (χ3v) is 6.27. The van der Waals surface area contributed by atoms with E-state index in [1.54, 1.807) is 38.4 Å². The van der Waals surface area contributed by atoms with Crippen molar-refractivity contribution in [2.45, 2.75) is 26.3 Å². The summed E-state index contributed by atoms with van der Waals surface area (Å²) in [5.74, 6) is 1.30. The molecule has 2 N–H and O–H groups in total. The summed E-state index contributed by atoms with van der Waals surface area (Å²) in [7, 11) is 4.64. The van der Waals surface area contributed by atoms with Crippen LogP contribution in [-0.4, -0.2) is 54.0 Å². The molecule has 1 aliphatic rings. The van der Waals surface area contributed by atoms with Crippen LogP contribution in [0.5, 0.6) is 23.0 Å². The van der Waals surface area contributed by atoms with Gasteiger partial charge in [0.2, 0.25) is 5.75 Å². The molecule has 1 aromatic heterocycles. The van der Waals surface area contributed by atoms with E-state index in [-0.39, 0.29) is 11.7 Å². The van der Waals surface area contributed by atoms with Gasteiger partial charge >= 0.3 is 0 Å². The number of phenolic OH excluding ortho intramolecular Hbond substituents is 1. The average molecular weight is 472 g/mol. The minimum Gasteiger partial charge on any atom is -0.507 e. The summed E-state index contributed by atoms with van der Waals surface area (Å²) in [6.45, 7) is 4.35. The molecule has 0 fully saturated rings. The Morgan fingerprint density at radius 1 is 1.12 bits per heavy atom. The Morgan fingerprint density at radius 2 is 1.79 bits per heavy atom. The highest BCUT2D eigenvalue weighted by atomic mass is 35.5. The number of benzene rings is 2. The lowest BCUT2D eigenvalue weighted by atomic mass is 9.94. The number of methoxy groups -OCH3 is 3. The number of hydrogen-bond donors (Lipinski definition) is 2. The molecule has 0 saturated carbocycles. The first-order valence-electron chi connectivity index (χ1n) is 10.5. The Morgan fingerprint density at radius 3 is 2.36 bits per heavy atom. The molecule has 2 heterocycles. The van der Waals surface area contributed by atoms with E-state index in [1.165, 1.54) is 0 Å². The molecule has 1 amide bonds. The summed E-state index contributed by atoms with van der Waals surface area (Å²) in [6.07, 6.45) is 0.765. The zero-order valence-electron chi connectivity index (χ0n) is 19.2. The molecule has 0 bridgehead atoms. The number of aromatic amines is 1. The van der Waals surface area contributed by atoms with Crippen molar-refractivity contribution in [1.29, 1.82) is 0 Å². The normalized spacial score (nSPS) is 15.0. The van der Waals surface area contributed by atoms with E-state index in [0.717, 1.165) is 17.5 Å². The molecule has 2 aromatic carbocycles. The molecule has 1 aliphatic heterocycles. The van der Waals surface area contributed by atoms with Crippen LogP contribution in [0.25, 0.3) is 11.3 Å². The molecule has 4 rings (SSSR count). The van der Waals surface area contributed by atoms with Crippen LogP contribution in [0.1, 0.15) is 46.6 Å². The van der Waals surface area contributed by atoms with Gasteiger partial charge in [0, 0.05) is 22.7 Å². The Balaban J connectivity index is 1.97. The fourth-order valence-corrected chi connectivity index (χ4v) is 4.50. The maximum atomic E-state index is 13.3. The summed E-state index contributed by atoms with van der Waals surface area (Å²) >= 11 is 6.35. The lowest BCUT2D eigenvalue weighted by molar-refractivity contribution is 0.0743. The second-order valence-electron chi connectivity index (χ2n) is 7.84.